The molecule has 0 unspecified atom stereocenters. The number of benzene rings is 1. The van der Waals surface area contributed by atoms with Crippen LogP contribution in [-0.2, 0) is 6.54 Å². The molecule has 0 bridgehead atoms. The first kappa shape index (κ1) is 13.2. The van der Waals surface area contributed by atoms with Crippen molar-refractivity contribution in [3.63, 3.8) is 0 Å². The molecule has 2 heterocycles. The molecule has 21 heavy (non-hydrogen) atoms. The first-order chi connectivity index (χ1) is 10.1. The van der Waals surface area contributed by atoms with Crippen molar-refractivity contribution in [3.05, 3.63) is 46.8 Å². The smallest absolute Gasteiger partial charge is 0.327 e. The predicted octanol–water partition coefficient (Wildman–Crippen LogP) is 2.26. The number of anilines is 1. The number of aromatic nitrogens is 3. The topological polar surface area (TPSA) is 85.9 Å². The third kappa shape index (κ3) is 2.22. The fourth-order valence-electron chi connectivity index (χ4n) is 2.16. The van der Waals surface area contributed by atoms with Crippen LogP contribution in [0.2, 0.25) is 0 Å². The van der Waals surface area contributed by atoms with E-state index in [9.17, 15) is 9.18 Å². The van der Waals surface area contributed by atoms with Gasteiger partial charge in [0.1, 0.15) is 5.52 Å². The minimum Gasteiger partial charge on any atom is -0.452 e. The second kappa shape index (κ2) is 4.93. The van der Waals surface area contributed by atoms with E-state index in [1.165, 1.54) is 22.9 Å². The molecule has 0 aliphatic heterocycles. The number of imidazole rings is 1. The number of fused-ring (bicyclic) bond motifs is 1. The van der Waals surface area contributed by atoms with Crippen LogP contribution in [0.3, 0.4) is 0 Å². The molecule has 0 saturated carbocycles. The largest absolute Gasteiger partial charge is 0.452 e. The third-order valence-electron chi connectivity index (χ3n) is 3.12. The van der Waals surface area contributed by atoms with Crippen LogP contribution in [0.5, 0.6) is 11.5 Å². The van der Waals surface area contributed by atoms with E-state index in [1.54, 1.807) is 12.1 Å². The molecule has 3 N–H and O–H groups in total. The number of nitrogens with two attached hydrogens (primary N) is 1. The van der Waals surface area contributed by atoms with Crippen molar-refractivity contribution >= 4 is 16.9 Å². The molecule has 0 saturated heterocycles. The van der Waals surface area contributed by atoms with Gasteiger partial charge < -0.3 is 10.5 Å². The van der Waals surface area contributed by atoms with Crippen LogP contribution >= 0.6 is 0 Å². The van der Waals surface area contributed by atoms with Crippen LogP contribution in [0.4, 0.5) is 10.1 Å². The van der Waals surface area contributed by atoms with Gasteiger partial charge in [-0.1, -0.05) is 0 Å². The molecule has 0 spiro atoms. The second-order valence-corrected chi connectivity index (χ2v) is 4.47. The van der Waals surface area contributed by atoms with Crippen LogP contribution in [0.15, 0.2) is 35.3 Å². The van der Waals surface area contributed by atoms with Gasteiger partial charge in [-0.2, -0.15) is 0 Å². The molecule has 7 heteroatoms. The molecular formula is C14H13FN4O2. The Bertz CT molecular complexity index is 869. The molecule has 0 fully saturated rings. The van der Waals surface area contributed by atoms with Gasteiger partial charge in [0.25, 0.3) is 0 Å². The van der Waals surface area contributed by atoms with Gasteiger partial charge in [0.2, 0.25) is 0 Å². The number of pyridine rings is 1. The van der Waals surface area contributed by atoms with E-state index in [0.29, 0.717) is 29.1 Å². The Kier molecular flexibility index (Phi) is 3.09. The quantitative estimate of drug-likeness (QED) is 0.724. The van der Waals surface area contributed by atoms with Gasteiger partial charge in [0.05, 0.1) is 0 Å². The number of hydrogen-bond acceptors (Lipinski definition) is 4. The van der Waals surface area contributed by atoms with Gasteiger partial charge in [-0.05, 0) is 19.1 Å². The van der Waals surface area contributed by atoms with Gasteiger partial charge in [-0.15, -0.1) is 0 Å². The lowest BCUT2D eigenvalue weighted by molar-refractivity contribution is 0.444. The maximum atomic E-state index is 13.8. The van der Waals surface area contributed by atoms with Crippen molar-refractivity contribution in [2.45, 2.75) is 13.5 Å². The molecule has 0 atom stereocenters. The molecule has 108 valence electrons. The molecule has 0 amide bonds. The first-order valence-corrected chi connectivity index (χ1v) is 6.40. The number of nitrogen functional groups attached to an aromatic ring is 1. The molecule has 3 aromatic rings. The van der Waals surface area contributed by atoms with Gasteiger partial charge in [-0.25, -0.2) is 14.2 Å². The number of nitrogens with zero attached hydrogens (tertiary/aromatic N) is 2. The van der Waals surface area contributed by atoms with E-state index in [-0.39, 0.29) is 11.4 Å². The van der Waals surface area contributed by atoms with Crippen molar-refractivity contribution in [1.29, 1.82) is 0 Å². The highest BCUT2D eigenvalue weighted by atomic mass is 19.1. The monoisotopic (exact) mass is 288 g/mol. The fraction of sp³-hybridized carbons (Fsp3) is 0.143. The number of aromatic amines is 1. The SMILES string of the molecule is CCn1c(=O)[nH]c2nccc(Oc3ccc(N)cc3F)c21. The number of rotatable bonds is 3. The highest BCUT2D eigenvalue weighted by Crippen LogP contribution is 2.30. The lowest BCUT2D eigenvalue weighted by Gasteiger charge is -2.09. The van der Waals surface area contributed by atoms with Crippen molar-refractivity contribution in [3.8, 4) is 11.5 Å². The van der Waals surface area contributed by atoms with E-state index >= 15 is 0 Å². The average molecular weight is 288 g/mol. The van der Waals surface area contributed by atoms with Gasteiger partial charge >= 0.3 is 5.69 Å². The lowest BCUT2D eigenvalue weighted by atomic mass is 10.3. The number of aryl methyl sites for hydroxylation is 1. The van der Waals surface area contributed by atoms with Gasteiger partial charge in [-0.3, -0.25) is 9.55 Å². The van der Waals surface area contributed by atoms with Crippen molar-refractivity contribution < 1.29 is 9.13 Å². The number of ether oxygens (including phenoxy) is 1. The summed E-state index contributed by atoms with van der Waals surface area (Å²) in [6, 6.07) is 5.74. The number of halogens is 1. The average Bonchev–Trinajstić information content (AvgIpc) is 2.78. The Morgan fingerprint density at radius 2 is 2.19 bits per heavy atom. The van der Waals surface area contributed by atoms with E-state index in [2.05, 4.69) is 9.97 Å². The summed E-state index contributed by atoms with van der Waals surface area (Å²) in [4.78, 5) is 18.5. The van der Waals surface area contributed by atoms with E-state index in [4.69, 9.17) is 10.5 Å². The van der Waals surface area contributed by atoms with E-state index in [0.717, 1.165) is 0 Å². The van der Waals surface area contributed by atoms with Crippen LogP contribution < -0.4 is 16.2 Å². The summed E-state index contributed by atoms with van der Waals surface area (Å²) in [5, 5.41) is 0. The molecule has 0 radical (unpaired) electrons. The number of H-pyrrole nitrogens is 1. The Labute approximate surface area is 119 Å². The third-order valence-corrected chi connectivity index (χ3v) is 3.12. The van der Waals surface area contributed by atoms with Crippen molar-refractivity contribution in [2.75, 3.05) is 5.73 Å². The van der Waals surface area contributed by atoms with Crippen LogP contribution in [0, 0.1) is 5.82 Å². The zero-order valence-electron chi connectivity index (χ0n) is 11.3. The van der Waals surface area contributed by atoms with Gasteiger partial charge in [0, 0.05) is 30.6 Å². The summed E-state index contributed by atoms with van der Waals surface area (Å²) in [6.07, 6.45) is 1.49. The molecule has 1 aromatic carbocycles. The fourth-order valence-corrected chi connectivity index (χ4v) is 2.16. The van der Waals surface area contributed by atoms with Crippen LogP contribution in [0.1, 0.15) is 6.92 Å². The Hall–Kier alpha value is -2.83. The standard InChI is InChI=1S/C14H13FN4O2/c1-2-19-12-11(5-6-17-13(12)18-14(19)20)21-10-4-3-8(16)7-9(10)15/h3-7H,2,16H2,1H3,(H,17,18,20). The number of nitrogens with one attached hydrogen (secondary N) is 1. The molecule has 0 aliphatic rings. The number of hydrogen-bond donors (Lipinski definition) is 2. The van der Waals surface area contributed by atoms with Crippen LogP contribution in [0.25, 0.3) is 11.2 Å². The van der Waals surface area contributed by atoms with Crippen molar-refractivity contribution in [1.82, 2.24) is 14.5 Å². The summed E-state index contributed by atoms with van der Waals surface area (Å²) in [5.74, 6) is -0.183. The summed E-state index contributed by atoms with van der Waals surface area (Å²) in [7, 11) is 0. The normalized spacial score (nSPS) is 11.0. The first-order valence-electron chi connectivity index (χ1n) is 6.40. The minimum atomic E-state index is -0.569. The maximum absolute atomic E-state index is 13.8. The minimum absolute atomic E-state index is 0.0352. The lowest BCUT2D eigenvalue weighted by Crippen LogP contribution is -2.15. The van der Waals surface area contributed by atoms with Crippen LogP contribution in [-0.4, -0.2) is 14.5 Å². The summed E-state index contributed by atoms with van der Waals surface area (Å²) in [5.41, 5.74) is 6.43. The molecule has 2 aromatic heterocycles. The predicted molar refractivity (Wildman–Crippen MR) is 76.9 cm³/mol. The highest BCUT2D eigenvalue weighted by molar-refractivity contribution is 5.78. The molecule has 0 aliphatic carbocycles. The van der Waals surface area contributed by atoms with E-state index in [1.807, 2.05) is 6.92 Å². The Morgan fingerprint density at radius 3 is 2.90 bits per heavy atom. The maximum Gasteiger partial charge on any atom is 0.327 e. The summed E-state index contributed by atoms with van der Waals surface area (Å²) >= 11 is 0. The summed E-state index contributed by atoms with van der Waals surface area (Å²) in [6.45, 7) is 2.28. The molecular weight excluding hydrogens is 275 g/mol. The van der Waals surface area contributed by atoms with Gasteiger partial charge in [0.15, 0.2) is 23.0 Å². The highest BCUT2D eigenvalue weighted by Gasteiger charge is 2.14. The Balaban J connectivity index is 2.14. The van der Waals surface area contributed by atoms with E-state index < -0.39 is 5.82 Å². The zero-order chi connectivity index (χ0) is 15.0. The van der Waals surface area contributed by atoms with Crippen molar-refractivity contribution in [2.24, 2.45) is 0 Å². The molecule has 3 rings (SSSR count). The Morgan fingerprint density at radius 1 is 1.38 bits per heavy atom. The summed E-state index contributed by atoms with van der Waals surface area (Å²) < 4.78 is 20.9. The second-order valence-electron chi connectivity index (χ2n) is 4.47. The zero-order valence-corrected chi connectivity index (χ0v) is 11.3. The molecule has 6 nitrogen and oxygen atoms in total.